The first kappa shape index (κ1) is 14.3. The highest BCUT2D eigenvalue weighted by Gasteiger charge is 2.19. The molecule has 21 heavy (non-hydrogen) atoms. The number of hydrogen-bond donors (Lipinski definition) is 0. The van der Waals surface area contributed by atoms with Crippen LogP contribution in [0.4, 0.5) is 5.82 Å². The predicted octanol–water partition coefficient (Wildman–Crippen LogP) is 4.57. The third-order valence-electron chi connectivity index (χ3n) is 4.06. The zero-order valence-corrected chi connectivity index (χ0v) is 13.1. The van der Waals surface area contributed by atoms with E-state index in [0.717, 1.165) is 17.9 Å². The second-order valence-electron chi connectivity index (χ2n) is 5.63. The standard InChI is InChI=1S/C17H20ClN3/c1-13-8-4-3-7-11-21(13)16-12-15(18)19-17(20-16)14-9-5-2-6-10-14/h2,5-6,9-10,12-13H,3-4,7-8,11H2,1H3. The molecule has 2 heterocycles. The van der Waals surface area contributed by atoms with Crippen molar-refractivity contribution in [3.8, 4) is 11.4 Å². The highest BCUT2D eigenvalue weighted by Crippen LogP contribution is 2.26. The van der Waals surface area contributed by atoms with Crippen LogP contribution >= 0.6 is 11.6 Å². The maximum absolute atomic E-state index is 6.23. The molecule has 110 valence electrons. The van der Waals surface area contributed by atoms with Crippen LogP contribution < -0.4 is 4.90 Å². The van der Waals surface area contributed by atoms with E-state index in [1.807, 2.05) is 36.4 Å². The Labute approximate surface area is 131 Å². The summed E-state index contributed by atoms with van der Waals surface area (Å²) in [4.78, 5) is 11.5. The molecule has 3 nitrogen and oxygen atoms in total. The van der Waals surface area contributed by atoms with Gasteiger partial charge in [0.25, 0.3) is 0 Å². The average molecular weight is 302 g/mol. The van der Waals surface area contributed by atoms with Crippen LogP contribution in [0.5, 0.6) is 0 Å². The van der Waals surface area contributed by atoms with E-state index in [1.54, 1.807) is 0 Å². The molecular weight excluding hydrogens is 282 g/mol. The lowest BCUT2D eigenvalue weighted by Crippen LogP contribution is -2.33. The van der Waals surface area contributed by atoms with E-state index in [1.165, 1.54) is 25.7 Å². The summed E-state index contributed by atoms with van der Waals surface area (Å²) in [5.74, 6) is 1.65. The van der Waals surface area contributed by atoms with Crippen molar-refractivity contribution in [1.29, 1.82) is 0 Å². The van der Waals surface area contributed by atoms with Crippen molar-refractivity contribution in [3.63, 3.8) is 0 Å². The number of hydrogen-bond acceptors (Lipinski definition) is 3. The molecule has 1 aromatic carbocycles. The summed E-state index contributed by atoms with van der Waals surface area (Å²) >= 11 is 6.23. The normalized spacial score (nSPS) is 19.3. The molecular formula is C17H20ClN3. The number of aromatic nitrogens is 2. The third kappa shape index (κ3) is 3.35. The molecule has 1 saturated heterocycles. The van der Waals surface area contributed by atoms with Gasteiger partial charge in [0.15, 0.2) is 5.82 Å². The maximum Gasteiger partial charge on any atom is 0.163 e. The van der Waals surface area contributed by atoms with Crippen molar-refractivity contribution >= 4 is 17.4 Å². The lowest BCUT2D eigenvalue weighted by Gasteiger charge is -2.28. The Morgan fingerprint density at radius 3 is 2.71 bits per heavy atom. The Balaban J connectivity index is 1.97. The molecule has 0 radical (unpaired) electrons. The molecule has 0 amide bonds. The largest absolute Gasteiger partial charge is 0.354 e. The van der Waals surface area contributed by atoms with E-state index in [9.17, 15) is 0 Å². The van der Waals surface area contributed by atoms with Gasteiger partial charge >= 0.3 is 0 Å². The fourth-order valence-electron chi connectivity index (χ4n) is 2.88. The first-order valence-electron chi connectivity index (χ1n) is 7.61. The SMILES string of the molecule is CC1CCCCCN1c1cc(Cl)nc(-c2ccccc2)n1. The number of nitrogens with zero attached hydrogens (tertiary/aromatic N) is 3. The summed E-state index contributed by atoms with van der Waals surface area (Å²) in [5, 5.41) is 0.510. The van der Waals surface area contributed by atoms with Gasteiger partial charge in [-0.05, 0) is 19.8 Å². The highest BCUT2D eigenvalue weighted by atomic mass is 35.5. The predicted molar refractivity (Wildman–Crippen MR) is 87.8 cm³/mol. The average Bonchev–Trinajstić information content (AvgIpc) is 2.72. The third-order valence-corrected chi connectivity index (χ3v) is 4.25. The van der Waals surface area contributed by atoms with Crippen LogP contribution in [-0.2, 0) is 0 Å². The lowest BCUT2D eigenvalue weighted by atomic mass is 10.1. The molecule has 1 unspecified atom stereocenters. The Morgan fingerprint density at radius 1 is 1.10 bits per heavy atom. The van der Waals surface area contributed by atoms with Crippen molar-refractivity contribution in [3.05, 3.63) is 41.6 Å². The molecule has 1 aromatic heterocycles. The molecule has 0 aliphatic carbocycles. The first-order valence-corrected chi connectivity index (χ1v) is 7.98. The van der Waals surface area contributed by atoms with Gasteiger partial charge in [-0.25, -0.2) is 9.97 Å². The summed E-state index contributed by atoms with van der Waals surface area (Å²) in [6.07, 6.45) is 5.02. The van der Waals surface area contributed by atoms with Crippen LogP contribution in [-0.4, -0.2) is 22.6 Å². The monoisotopic (exact) mass is 301 g/mol. The van der Waals surface area contributed by atoms with E-state index >= 15 is 0 Å². The van der Waals surface area contributed by atoms with Crippen LogP contribution in [0.2, 0.25) is 5.15 Å². The topological polar surface area (TPSA) is 29.0 Å². The highest BCUT2D eigenvalue weighted by molar-refractivity contribution is 6.29. The van der Waals surface area contributed by atoms with E-state index < -0.39 is 0 Å². The zero-order valence-electron chi connectivity index (χ0n) is 12.3. The Kier molecular flexibility index (Phi) is 4.39. The summed E-state index contributed by atoms with van der Waals surface area (Å²) in [5.41, 5.74) is 1.00. The van der Waals surface area contributed by atoms with Gasteiger partial charge in [0.1, 0.15) is 11.0 Å². The van der Waals surface area contributed by atoms with Crippen molar-refractivity contribution in [2.45, 2.75) is 38.6 Å². The van der Waals surface area contributed by atoms with Gasteiger partial charge < -0.3 is 4.90 Å². The summed E-state index contributed by atoms with van der Waals surface area (Å²) < 4.78 is 0. The van der Waals surface area contributed by atoms with Gasteiger partial charge in [-0.2, -0.15) is 0 Å². The minimum absolute atomic E-state index is 0.502. The molecule has 2 aromatic rings. The van der Waals surface area contributed by atoms with Crippen LogP contribution in [0.1, 0.15) is 32.6 Å². The molecule has 1 aliphatic heterocycles. The van der Waals surface area contributed by atoms with Crippen molar-refractivity contribution in [2.24, 2.45) is 0 Å². The van der Waals surface area contributed by atoms with Crippen LogP contribution in [0.3, 0.4) is 0 Å². The number of benzene rings is 1. The number of halogens is 1. The zero-order chi connectivity index (χ0) is 14.7. The number of rotatable bonds is 2. The molecule has 1 aliphatic rings. The summed E-state index contributed by atoms with van der Waals surface area (Å²) in [6.45, 7) is 3.31. The minimum atomic E-state index is 0.502. The van der Waals surface area contributed by atoms with E-state index in [-0.39, 0.29) is 0 Å². The maximum atomic E-state index is 6.23. The second kappa shape index (κ2) is 6.44. The quantitative estimate of drug-likeness (QED) is 0.761. The molecule has 4 heteroatoms. The minimum Gasteiger partial charge on any atom is -0.354 e. The molecule has 0 bridgehead atoms. The first-order chi connectivity index (χ1) is 10.2. The fourth-order valence-corrected chi connectivity index (χ4v) is 3.06. The van der Waals surface area contributed by atoms with Crippen molar-refractivity contribution in [1.82, 2.24) is 9.97 Å². The van der Waals surface area contributed by atoms with Gasteiger partial charge in [0.2, 0.25) is 0 Å². The Morgan fingerprint density at radius 2 is 1.90 bits per heavy atom. The lowest BCUT2D eigenvalue weighted by molar-refractivity contribution is 0.611. The van der Waals surface area contributed by atoms with Gasteiger partial charge in [0.05, 0.1) is 0 Å². The summed E-state index contributed by atoms with van der Waals surface area (Å²) in [6, 6.07) is 12.4. The fraction of sp³-hybridized carbons (Fsp3) is 0.412. The van der Waals surface area contributed by atoms with E-state index in [4.69, 9.17) is 16.6 Å². The summed E-state index contributed by atoms with van der Waals surface area (Å²) in [7, 11) is 0. The van der Waals surface area contributed by atoms with Crippen molar-refractivity contribution < 1.29 is 0 Å². The Bertz CT molecular complexity index is 600. The van der Waals surface area contributed by atoms with Crippen LogP contribution in [0, 0.1) is 0 Å². The smallest absolute Gasteiger partial charge is 0.163 e. The second-order valence-corrected chi connectivity index (χ2v) is 6.02. The Hall–Kier alpha value is -1.61. The molecule has 0 spiro atoms. The van der Waals surface area contributed by atoms with Crippen molar-refractivity contribution in [2.75, 3.05) is 11.4 Å². The van der Waals surface area contributed by atoms with Gasteiger partial charge in [-0.1, -0.05) is 54.8 Å². The molecule has 0 saturated carbocycles. The van der Waals surface area contributed by atoms with Gasteiger partial charge in [-0.3, -0.25) is 0 Å². The number of anilines is 1. The van der Waals surface area contributed by atoms with Crippen LogP contribution in [0.25, 0.3) is 11.4 Å². The van der Waals surface area contributed by atoms with Gasteiger partial charge in [0, 0.05) is 24.2 Å². The van der Waals surface area contributed by atoms with Crippen LogP contribution in [0.15, 0.2) is 36.4 Å². The van der Waals surface area contributed by atoms with E-state index in [2.05, 4.69) is 16.8 Å². The molecule has 1 atom stereocenters. The molecule has 3 rings (SSSR count). The van der Waals surface area contributed by atoms with Gasteiger partial charge in [-0.15, -0.1) is 0 Å². The molecule has 0 N–H and O–H groups in total. The molecule has 1 fully saturated rings. The van der Waals surface area contributed by atoms with E-state index in [0.29, 0.717) is 17.0 Å².